The first-order chi connectivity index (χ1) is 43.1. The fraction of sp³-hybridized carbons (Fsp3) is 0.517. The van der Waals surface area contributed by atoms with Gasteiger partial charge in [-0.2, -0.15) is 11.8 Å². The average Bonchev–Trinajstić information content (AvgIpc) is 2.03. The van der Waals surface area contributed by atoms with E-state index in [4.69, 9.17) is 63.6 Å². The summed E-state index contributed by atoms with van der Waals surface area (Å²) in [5.74, 6) is -5.97. The Hall–Kier alpha value is -7.53. The summed E-state index contributed by atoms with van der Waals surface area (Å²) >= 11 is 27.8. The summed E-state index contributed by atoms with van der Waals surface area (Å²) in [7, 11) is 0. The van der Waals surface area contributed by atoms with Crippen molar-refractivity contribution in [2.24, 2.45) is 22.2 Å². The molecule has 4 aromatic rings. The van der Waals surface area contributed by atoms with Crippen molar-refractivity contribution in [3.05, 3.63) is 86.0 Å². The zero-order valence-electron chi connectivity index (χ0n) is 49.4. The predicted molar refractivity (Wildman–Crippen MR) is 342 cm³/mol. The normalized spacial score (nSPS) is 22.5. The Balaban J connectivity index is 1.11. The molecule has 17 N–H and O–H groups in total. The number of aromatic amines is 2. The first kappa shape index (κ1) is 69.9. The number of nitrogens with one attached hydrogen (secondary N) is 11. The van der Waals surface area contributed by atoms with E-state index in [0.717, 1.165) is 34.4 Å². The van der Waals surface area contributed by atoms with E-state index in [2.05, 4.69) is 67.8 Å². The Morgan fingerprint density at radius 2 is 1.38 bits per heavy atom. The highest BCUT2D eigenvalue weighted by Gasteiger charge is 2.43. The van der Waals surface area contributed by atoms with Gasteiger partial charge in [-0.3, -0.25) is 48.1 Å². The number of benzene rings is 2. The lowest BCUT2D eigenvalue weighted by atomic mass is 10.0. The summed E-state index contributed by atoms with van der Waals surface area (Å²) in [6.45, 7) is -0.835. The fourth-order valence-corrected chi connectivity index (χ4v) is 13.3. The van der Waals surface area contributed by atoms with Crippen molar-refractivity contribution in [3.63, 3.8) is 0 Å². The van der Waals surface area contributed by atoms with Gasteiger partial charge in [0, 0.05) is 91.7 Å². The number of carbonyl (C=O) groups excluding carboxylic acids is 10. The number of imidazole rings is 1. The number of amides is 11. The van der Waals surface area contributed by atoms with Crippen molar-refractivity contribution in [2.75, 3.05) is 38.5 Å². The molecule has 0 bridgehead atoms. The van der Waals surface area contributed by atoms with Crippen LogP contribution < -0.4 is 65.1 Å². The summed E-state index contributed by atoms with van der Waals surface area (Å²) in [6.07, 6.45) is 8.25. The number of nitrogens with zero attached hydrogens (tertiary/aromatic N) is 3. The van der Waals surface area contributed by atoms with Crippen LogP contribution in [-0.4, -0.2) is 171 Å². The number of guanidine groups is 1. The number of urea groups is 1. The number of nitrogens with two attached hydrogens (primary N) is 3. The molecule has 0 aliphatic carbocycles. The van der Waals surface area contributed by atoms with Crippen molar-refractivity contribution < 1.29 is 47.9 Å². The van der Waals surface area contributed by atoms with E-state index in [1.165, 1.54) is 18.6 Å². The molecule has 32 heteroatoms. The first-order valence-corrected chi connectivity index (χ1v) is 32.4. The molecule has 0 unspecified atom stereocenters. The van der Waals surface area contributed by atoms with Gasteiger partial charge in [0.05, 0.1) is 38.5 Å². The molecule has 7 rings (SSSR count). The Morgan fingerprint density at radius 3 is 2.11 bits per heavy atom. The highest BCUT2D eigenvalue weighted by molar-refractivity contribution is 8.00. The minimum atomic E-state index is -1.64. The van der Waals surface area contributed by atoms with Crippen LogP contribution in [0.25, 0.3) is 10.9 Å². The summed E-state index contributed by atoms with van der Waals surface area (Å²) < 4.78 is 0. The molecule has 2 aromatic carbocycles. The number of carbonyl (C=O) groups is 10. The molecule has 3 aliphatic heterocycles. The third-order valence-corrected chi connectivity index (χ3v) is 18.9. The van der Waals surface area contributed by atoms with Gasteiger partial charge in [-0.05, 0) is 81.0 Å². The van der Waals surface area contributed by atoms with Gasteiger partial charge in [0.25, 0.3) is 0 Å². The van der Waals surface area contributed by atoms with Gasteiger partial charge in [-0.1, -0.05) is 77.4 Å². The number of hydrogen-bond acceptors (Lipinski definition) is 13. The first-order valence-electron chi connectivity index (χ1n) is 29.8. The van der Waals surface area contributed by atoms with Crippen LogP contribution in [0.5, 0.6) is 0 Å². The van der Waals surface area contributed by atoms with Crippen molar-refractivity contribution in [1.29, 1.82) is 0 Å². The lowest BCUT2D eigenvalue weighted by Crippen LogP contribution is -2.60. The number of H-pyrrole nitrogens is 2. The van der Waals surface area contributed by atoms with Crippen LogP contribution in [0.15, 0.2) is 54.0 Å². The molecular formula is C58H77Cl4N17O10S. The average molecular weight is 1350 g/mol. The second-order valence-electron chi connectivity index (χ2n) is 22.3. The molecule has 0 saturated carbocycles. The fourth-order valence-electron chi connectivity index (χ4n) is 10.8. The smallest absolute Gasteiger partial charge is 0.315 e. The molecule has 90 heavy (non-hydrogen) atoms. The molecule has 8 atom stereocenters. The number of aromatic nitrogens is 3. The zero-order valence-corrected chi connectivity index (χ0v) is 53.2. The Bertz CT molecular complexity index is 3240. The number of halogens is 4. The summed E-state index contributed by atoms with van der Waals surface area (Å²) in [4.78, 5) is 153. The van der Waals surface area contributed by atoms with Crippen LogP contribution in [0.2, 0.25) is 20.1 Å². The van der Waals surface area contributed by atoms with Crippen molar-refractivity contribution in [3.8, 4) is 0 Å². The van der Waals surface area contributed by atoms with E-state index >= 15 is 0 Å². The van der Waals surface area contributed by atoms with Gasteiger partial charge in [0.1, 0.15) is 43.3 Å². The van der Waals surface area contributed by atoms with Crippen LogP contribution in [-0.2, 0) is 62.4 Å². The molecule has 0 spiro atoms. The zero-order chi connectivity index (χ0) is 64.9. The van der Waals surface area contributed by atoms with Crippen LogP contribution in [0, 0.1) is 0 Å². The topological polar surface area (TPSA) is 417 Å². The van der Waals surface area contributed by atoms with Gasteiger partial charge in [-0.15, -0.1) is 0 Å². The van der Waals surface area contributed by atoms with Crippen molar-refractivity contribution >= 4 is 134 Å². The quantitative estimate of drug-likeness (QED) is 0.0134. The number of thioether (sulfide) groups is 1. The summed E-state index contributed by atoms with van der Waals surface area (Å²) in [6, 6.07) is 1.46. The molecule has 3 aliphatic rings. The second kappa shape index (κ2) is 34.6. The Morgan fingerprint density at radius 1 is 0.689 bits per heavy atom. The highest BCUT2D eigenvalue weighted by Crippen LogP contribution is 2.39. The van der Waals surface area contributed by atoms with Crippen LogP contribution in [0.1, 0.15) is 100 Å². The van der Waals surface area contributed by atoms with Crippen molar-refractivity contribution in [1.82, 2.24) is 67.7 Å². The van der Waals surface area contributed by atoms with Crippen LogP contribution >= 0.6 is 58.2 Å². The standard InChI is InChI=1S/C58H77Cl4N17O10S/c59-35-21-31(48(60)50(62)49(35)61)22-39-55(87)74-38(14-10-20-69-57(64)65)53(85)75-40(23-32-25-70-36-12-4-3-11-34(32)36)54(86)73-37(52(63)84)13-7-9-19-68-45(81)27-79(28-46(82)72-41(56(88)76-39)24-33-26-66-30-71-33)47(83)17-2-1-8-18-67-44(80)16-6-5-15-43-51-42(29-90-43)77-58(89)78-51/h3-4,11-12,21,25-26,30,37-43,51,70H,1-2,5-10,13-20,22-24,27-29H2,(H2,63,84)(H,66,71)(H,67,80)(H,68,81)(H,72,82)(H,73,86)(H,74,87)(H,75,85)(H,76,88)(H4,64,65,69)(H2,77,78,89)/t37-,38-,39+,40-,41-,42-,43-,51-/m0/s1. The molecule has 2 aromatic heterocycles. The molecule has 3 saturated heterocycles. The number of para-hydroxylation sites is 1. The molecule has 27 nitrogen and oxygen atoms in total. The number of rotatable bonds is 22. The van der Waals surface area contributed by atoms with E-state index in [9.17, 15) is 47.9 Å². The van der Waals surface area contributed by atoms with Crippen LogP contribution in [0.3, 0.4) is 0 Å². The maximum Gasteiger partial charge on any atom is 0.315 e. The number of fused-ring (bicyclic) bond motifs is 2. The minimum absolute atomic E-state index is 0.00753. The molecule has 5 heterocycles. The van der Waals surface area contributed by atoms with Gasteiger partial charge in [-0.25, -0.2) is 9.78 Å². The molecular weight excluding hydrogens is 1270 g/mol. The Labute approximate surface area is 543 Å². The molecule has 11 amide bonds. The number of hydrogen-bond donors (Lipinski definition) is 14. The molecule has 0 radical (unpaired) electrons. The van der Waals surface area contributed by atoms with Crippen molar-refractivity contribution in [2.45, 2.75) is 150 Å². The SMILES string of the molecule is NC(=O)[C@@H]1CCCCNC(=O)CN(C(=O)CCCCCNC(=O)CCCC[C@@H]2SC[C@@H]3NC(=O)N[C@@H]32)CC(=O)N[C@@H](Cc2cnc[nH]2)C(=O)N[C@H](Cc2cc(Cl)c(Cl)c(Cl)c2Cl)C(=O)N[C@@H](CCCN=C(N)N)C(=O)N[C@@H](Cc2c[nH]c3ccccc23)C(=O)N1. The van der Waals surface area contributed by atoms with Gasteiger partial charge < -0.3 is 79.9 Å². The minimum Gasteiger partial charge on any atom is -0.370 e. The largest absolute Gasteiger partial charge is 0.370 e. The molecule has 488 valence electrons. The van der Waals surface area contributed by atoms with Gasteiger partial charge in [0.15, 0.2) is 5.96 Å². The van der Waals surface area contributed by atoms with E-state index in [0.29, 0.717) is 55.2 Å². The van der Waals surface area contributed by atoms with E-state index in [1.54, 1.807) is 12.3 Å². The summed E-state index contributed by atoms with van der Waals surface area (Å²) in [5, 5.41) is 25.7. The van der Waals surface area contributed by atoms with E-state index in [1.807, 2.05) is 30.0 Å². The third-order valence-electron chi connectivity index (χ3n) is 15.6. The number of unbranched alkanes of at least 4 members (excludes halogenated alkanes) is 3. The number of aliphatic imine (C=N–C) groups is 1. The molecule has 3 fully saturated rings. The maximum atomic E-state index is 15.0. The third kappa shape index (κ3) is 21.0. The highest BCUT2D eigenvalue weighted by atomic mass is 35.5. The van der Waals surface area contributed by atoms with E-state index in [-0.39, 0.29) is 120 Å². The van der Waals surface area contributed by atoms with Gasteiger partial charge in [0.2, 0.25) is 53.2 Å². The predicted octanol–water partition coefficient (Wildman–Crippen LogP) is 2.03. The Kier molecular flexibility index (Phi) is 26.9. The van der Waals surface area contributed by atoms with Crippen LogP contribution in [0.4, 0.5) is 4.79 Å². The monoisotopic (exact) mass is 1340 g/mol. The lowest BCUT2D eigenvalue weighted by Gasteiger charge is -2.28. The van der Waals surface area contributed by atoms with Gasteiger partial charge >= 0.3 is 6.03 Å². The maximum absolute atomic E-state index is 15.0. The lowest BCUT2D eigenvalue weighted by molar-refractivity contribution is -0.140. The number of primary amides is 1. The van der Waals surface area contributed by atoms with E-state index < -0.39 is 97.0 Å². The summed E-state index contributed by atoms with van der Waals surface area (Å²) in [5.41, 5.74) is 18.9. The second-order valence-corrected chi connectivity index (χ2v) is 25.2.